The summed E-state index contributed by atoms with van der Waals surface area (Å²) in [6.07, 6.45) is 2.37. The van der Waals surface area contributed by atoms with Gasteiger partial charge in [-0.15, -0.1) is 0 Å². The van der Waals surface area contributed by atoms with Gasteiger partial charge in [-0.2, -0.15) is 0 Å². The molecule has 12 heavy (non-hydrogen) atoms. The molecular formula is C8H8ClNOS. The highest BCUT2D eigenvalue weighted by atomic mass is 35.5. The van der Waals surface area contributed by atoms with Crippen LogP contribution in [0.5, 0.6) is 0 Å². The first-order valence-corrected chi connectivity index (χ1v) is 4.33. The maximum atomic E-state index is 5.66. The molecule has 0 fully saturated rings. The molecule has 0 aromatic carbocycles. The van der Waals surface area contributed by atoms with Crippen LogP contribution < -0.4 is 0 Å². The molecule has 0 bridgehead atoms. The van der Waals surface area contributed by atoms with E-state index in [4.69, 9.17) is 16.3 Å². The number of aromatic nitrogens is 1. The van der Waals surface area contributed by atoms with Gasteiger partial charge in [0.1, 0.15) is 5.55 Å². The van der Waals surface area contributed by atoms with Crippen molar-refractivity contribution in [2.45, 2.75) is 6.42 Å². The Balaban J connectivity index is 2.42. The summed E-state index contributed by atoms with van der Waals surface area (Å²) in [5, 5.41) is 0.648. The van der Waals surface area contributed by atoms with E-state index in [-0.39, 0.29) is 0 Å². The van der Waals surface area contributed by atoms with E-state index in [0.717, 1.165) is 12.1 Å². The highest BCUT2D eigenvalue weighted by Gasteiger charge is 1.93. The predicted molar refractivity (Wildman–Crippen MR) is 52.6 cm³/mol. The van der Waals surface area contributed by atoms with Gasteiger partial charge in [0.2, 0.25) is 0 Å². The minimum Gasteiger partial charge on any atom is -0.489 e. The molecule has 0 amide bonds. The second kappa shape index (κ2) is 5.06. The first kappa shape index (κ1) is 9.42. The summed E-state index contributed by atoms with van der Waals surface area (Å²) in [6.45, 7) is 0.568. The Morgan fingerprint density at radius 3 is 3.00 bits per heavy atom. The van der Waals surface area contributed by atoms with Crippen LogP contribution in [-0.2, 0) is 11.2 Å². The van der Waals surface area contributed by atoms with Crippen LogP contribution in [0.25, 0.3) is 0 Å². The lowest BCUT2D eigenvalue weighted by atomic mass is 10.3. The summed E-state index contributed by atoms with van der Waals surface area (Å²) in [5.74, 6) is 0. The zero-order valence-corrected chi connectivity index (χ0v) is 7.94. The van der Waals surface area contributed by atoms with Crippen molar-refractivity contribution in [1.29, 1.82) is 0 Å². The van der Waals surface area contributed by atoms with Gasteiger partial charge in [-0.25, -0.2) is 0 Å². The molecule has 1 aromatic rings. The SMILES string of the molecule is S=COCCc1ccc(Cl)cn1. The van der Waals surface area contributed by atoms with Gasteiger partial charge < -0.3 is 4.74 Å². The summed E-state index contributed by atoms with van der Waals surface area (Å²) in [6, 6.07) is 3.68. The van der Waals surface area contributed by atoms with Crippen molar-refractivity contribution in [2.24, 2.45) is 0 Å². The zero-order chi connectivity index (χ0) is 8.81. The highest BCUT2D eigenvalue weighted by Crippen LogP contribution is 2.06. The molecule has 0 atom stereocenters. The molecule has 0 saturated heterocycles. The van der Waals surface area contributed by atoms with Gasteiger partial charge in [0, 0.05) is 18.3 Å². The van der Waals surface area contributed by atoms with Gasteiger partial charge in [-0.1, -0.05) is 11.6 Å². The van der Waals surface area contributed by atoms with Crippen LogP contribution in [0.15, 0.2) is 18.3 Å². The van der Waals surface area contributed by atoms with Gasteiger partial charge >= 0.3 is 0 Å². The van der Waals surface area contributed by atoms with Gasteiger partial charge in [-0.3, -0.25) is 4.98 Å². The minimum absolute atomic E-state index is 0.568. The third-order valence-electron chi connectivity index (χ3n) is 1.33. The number of hydrogen-bond donors (Lipinski definition) is 0. The molecule has 2 nitrogen and oxygen atoms in total. The summed E-state index contributed by atoms with van der Waals surface area (Å²) >= 11 is 10.2. The van der Waals surface area contributed by atoms with E-state index < -0.39 is 0 Å². The molecule has 0 aliphatic heterocycles. The van der Waals surface area contributed by atoms with Crippen LogP contribution in [0, 0.1) is 0 Å². The molecule has 0 N–H and O–H groups in total. The molecule has 0 saturated carbocycles. The smallest absolute Gasteiger partial charge is 0.146 e. The third kappa shape index (κ3) is 3.15. The Hall–Kier alpha value is -0.670. The fourth-order valence-corrected chi connectivity index (χ4v) is 0.974. The fraction of sp³-hybridized carbons (Fsp3) is 0.250. The number of pyridine rings is 1. The Morgan fingerprint density at radius 2 is 2.42 bits per heavy atom. The lowest BCUT2D eigenvalue weighted by Crippen LogP contribution is -1.97. The van der Waals surface area contributed by atoms with Crippen LogP contribution in [0.4, 0.5) is 0 Å². The first-order valence-electron chi connectivity index (χ1n) is 3.48. The van der Waals surface area contributed by atoms with E-state index in [1.165, 1.54) is 5.55 Å². The number of thiocarbonyl (C=S) groups is 1. The maximum Gasteiger partial charge on any atom is 0.146 e. The van der Waals surface area contributed by atoms with Crippen LogP contribution >= 0.6 is 23.8 Å². The van der Waals surface area contributed by atoms with E-state index >= 15 is 0 Å². The standard InChI is InChI=1S/C8H8ClNOS/c9-7-1-2-8(10-5-7)3-4-11-6-12/h1-2,5-6H,3-4H2. The molecular weight excluding hydrogens is 194 g/mol. The summed E-state index contributed by atoms with van der Waals surface area (Å²) in [4.78, 5) is 4.09. The van der Waals surface area contributed by atoms with Crippen molar-refractivity contribution in [3.63, 3.8) is 0 Å². The van der Waals surface area contributed by atoms with Crippen molar-refractivity contribution in [3.05, 3.63) is 29.0 Å². The molecule has 0 unspecified atom stereocenters. The van der Waals surface area contributed by atoms with Crippen molar-refractivity contribution in [2.75, 3.05) is 6.61 Å². The minimum atomic E-state index is 0.568. The second-order valence-electron chi connectivity index (χ2n) is 2.18. The Morgan fingerprint density at radius 1 is 1.58 bits per heavy atom. The average Bonchev–Trinajstić information content (AvgIpc) is 2.09. The van der Waals surface area contributed by atoms with E-state index in [9.17, 15) is 0 Å². The van der Waals surface area contributed by atoms with Gasteiger partial charge in [0.05, 0.1) is 11.6 Å². The second-order valence-corrected chi connectivity index (χ2v) is 2.81. The first-order chi connectivity index (χ1) is 5.83. The molecule has 64 valence electrons. The summed E-state index contributed by atoms with van der Waals surface area (Å²) < 4.78 is 4.88. The zero-order valence-electron chi connectivity index (χ0n) is 6.37. The van der Waals surface area contributed by atoms with Crippen molar-refractivity contribution in [1.82, 2.24) is 4.98 Å². The van der Waals surface area contributed by atoms with E-state index in [2.05, 4.69) is 17.2 Å². The lowest BCUT2D eigenvalue weighted by Gasteiger charge is -1.99. The highest BCUT2D eigenvalue weighted by molar-refractivity contribution is 7.78. The Kier molecular flexibility index (Phi) is 3.97. The van der Waals surface area contributed by atoms with Crippen LogP contribution in [0.2, 0.25) is 5.02 Å². The molecule has 0 spiro atoms. The van der Waals surface area contributed by atoms with Crippen LogP contribution in [-0.4, -0.2) is 17.1 Å². The normalized spacial score (nSPS) is 9.42. The molecule has 4 heteroatoms. The number of halogens is 1. The predicted octanol–water partition coefficient (Wildman–Crippen LogP) is 2.25. The molecule has 0 aliphatic rings. The van der Waals surface area contributed by atoms with E-state index in [0.29, 0.717) is 11.6 Å². The van der Waals surface area contributed by atoms with Crippen molar-refractivity contribution in [3.8, 4) is 0 Å². The fourth-order valence-electron chi connectivity index (χ4n) is 0.766. The quantitative estimate of drug-likeness (QED) is 0.551. The monoisotopic (exact) mass is 201 g/mol. The third-order valence-corrected chi connectivity index (χ3v) is 1.69. The van der Waals surface area contributed by atoms with Gasteiger partial charge in [-0.05, 0) is 24.4 Å². The number of rotatable bonds is 4. The van der Waals surface area contributed by atoms with Gasteiger partial charge in [0.25, 0.3) is 0 Å². The number of hydrogen-bond acceptors (Lipinski definition) is 3. The van der Waals surface area contributed by atoms with Crippen LogP contribution in [0.3, 0.4) is 0 Å². The topological polar surface area (TPSA) is 22.1 Å². The average molecular weight is 202 g/mol. The van der Waals surface area contributed by atoms with Crippen LogP contribution in [0.1, 0.15) is 5.69 Å². The number of ether oxygens (including phenoxy) is 1. The molecule has 0 aliphatic carbocycles. The van der Waals surface area contributed by atoms with Crippen molar-refractivity contribution >= 4 is 29.4 Å². The molecule has 1 rings (SSSR count). The molecule has 1 aromatic heterocycles. The van der Waals surface area contributed by atoms with Gasteiger partial charge in [0.15, 0.2) is 0 Å². The number of nitrogens with zero attached hydrogens (tertiary/aromatic N) is 1. The van der Waals surface area contributed by atoms with Crippen molar-refractivity contribution < 1.29 is 4.74 Å². The maximum absolute atomic E-state index is 5.66. The molecule has 0 radical (unpaired) electrons. The van der Waals surface area contributed by atoms with E-state index in [1.54, 1.807) is 12.3 Å². The van der Waals surface area contributed by atoms with E-state index in [1.807, 2.05) is 6.07 Å². The largest absolute Gasteiger partial charge is 0.489 e. The lowest BCUT2D eigenvalue weighted by molar-refractivity contribution is 0.330. The molecule has 1 heterocycles. The Bertz CT molecular complexity index is 250. The summed E-state index contributed by atoms with van der Waals surface area (Å²) in [5.41, 5.74) is 2.21. The Labute approximate surface area is 81.5 Å². The summed E-state index contributed by atoms with van der Waals surface area (Å²) in [7, 11) is 0.